The minimum Gasteiger partial charge on any atom is -0.399 e. The third-order valence-corrected chi connectivity index (χ3v) is 3.10. The van der Waals surface area contributed by atoms with Crippen molar-refractivity contribution >= 4 is 11.3 Å². The zero-order valence-corrected chi connectivity index (χ0v) is 11.1. The monoisotopic (exact) mass is 247 g/mol. The molecule has 19 heavy (non-hydrogen) atoms. The van der Waals surface area contributed by atoms with Gasteiger partial charge in [0.05, 0.1) is 0 Å². The maximum absolute atomic E-state index is 5.70. The van der Waals surface area contributed by atoms with Crippen LogP contribution in [0.25, 0.3) is 5.57 Å². The zero-order chi connectivity index (χ0) is 13.8. The molecule has 0 fully saturated rings. The molecule has 0 aromatic heterocycles. The normalized spacial score (nSPS) is 13.5. The molecule has 1 aliphatic carbocycles. The number of nitrogens with two attached hydrogens (primary N) is 1. The lowest BCUT2D eigenvalue weighted by Gasteiger charge is -2.12. The first-order valence-corrected chi connectivity index (χ1v) is 6.14. The summed E-state index contributed by atoms with van der Waals surface area (Å²) in [6.07, 6.45) is 7.89. The molecule has 0 unspecified atom stereocenters. The molecular weight excluding hydrogens is 230 g/mol. The third-order valence-electron chi connectivity index (χ3n) is 3.10. The minimum atomic E-state index is 0.746. The van der Waals surface area contributed by atoms with Gasteiger partial charge in [0.2, 0.25) is 0 Å². The smallest absolute Gasteiger partial charge is 0.0314 e. The molecule has 94 valence electrons. The maximum Gasteiger partial charge on any atom is 0.0314 e. The van der Waals surface area contributed by atoms with Crippen LogP contribution < -0.4 is 5.73 Å². The van der Waals surface area contributed by atoms with Crippen LogP contribution in [0.2, 0.25) is 0 Å². The van der Waals surface area contributed by atoms with E-state index in [0.717, 1.165) is 33.5 Å². The highest BCUT2D eigenvalue weighted by molar-refractivity contribution is 5.83. The zero-order valence-electron chi connectivity index (χ0n) is 11.1. The topological polar surface area (TPSA) is 26.0 Å². The molecule has 2 N–H and O–H groups in total. The van der Waals surface area contributed by atoms with E-state index in [2.05, 4.69) is 18.9 Å². The van der Waals surface area contributed by atoms with Gasteiger partial charge >= 0.3 is 0 Å². The molecule has 0 heterocycles. The summed E-state index contributed by atoms with van der Waals surface area (Å²) in [4.78, 5) is 0. The average Bonchev–Trinajstić information content (AvgIpc) is 2.63. The number of hydrogen-bond donors (Lipinski definition) is 1. The molecule has 0 radical (unpaired) electrons. The molecule has 1 nitrogen and oxygen atoms in total. The summed E-state index contributed by atoms with van der Waals surface area (Å²) in [6.45, 7) is 10.3. The second-order valence-electron chi connectivity index (χ2n) is 4.50. The molecule has 1 aromatic carbocycles. The molecule has 0 saturated carbocycles. The van der Waals surface area contributed by atoms with Gasteiger partial charge in [-0.15, -0.1) is 5.73 Å². The molecule has 0 atom stereocenters. The Kier molecular flexibility index (Phi) is 3.70. The largest absolute Gasteiger partial charge is 0.399 e. The molecule has 2 rings (SSSR count). The van der Waals surface area contributed by atoms with Gasteiger partial charge in [-0.3, -0.25) is 0 Å². The van der Waals surface area contributed by atoms with Gasteiger partial charge in [-0.05, 0) is 47.4 Å². The van der Waals surface area contributed by atoms with Crippen molar-refractivity contribution in [1.82, 2.24) is 0 Å². The fraction of sp³-hybridized carbons (Fsp3) is 0.0556. The van der Waals surface area contributed by atoms with Crippen LogP contribution in [-0.2, 0) is 0 Å². The van der Waals surface area contributed by atoms with Crippen LogP contribution in [-0.4, -0.2) is 0 Å². The van der Waals surface area contributed by atoms with Gasteiger partial charge in [0.1, 0.15) is 0 Å². The van der Waals surface area contributed by atoms with Crippen LogP contribution >= 0.6 is 0 Å². The molecule has 0 saturated heterocycles. The Morgan fingerprint density at radius 1 is 1.05 bits per heavy atom. The second kappa shape index (κ2) is 5.43. The number of anilines is 1. The summed E-state index contributed by atoms with van der Waals surface area (Å²) < 4.78 is 0. The lowest BCUT2D eigenvalue weighted by Crippen LogP contribution is -1.94. The summed E-state index contributed by atoms with van der Waals surface area (Å²) in [5.74, 6) is 0. The lowest BCUT2D eigenvalue weighted by atomic mass is 9.91. The van der Waals surface area contributed by atoms with E-state index in [1.165, 1.54) is 0 Å². The van der Waals surface area contributed by atoms with Crippen LogP contribution in [0.4, 0.5) is 5.69 Å². The Bertz CT molecular complexity index is 645. The van der Waals surface area contributed by atoms with Crippen molar-refractivity contribution in [2.45, 2.75) is 6.92 Å². The second-order valence-corrected chi connectivity index (χ2v) is 4.50. The van der Waals surface area contributed by atoms with E-state index in [4.69, 9.17) is 5.73 Å². The summed E-state index contributed by atoms with van der Waals surface area (Å²) >= 11 is 0. The predicted octanol–water partition coefficient (Wildman–Crippen LogP) is 4.44. The Labute approximate surface area is 114 Å². The molecular formula is C18H17N. The van der Waals surface area contributed by atoms with E-state index in [1.54, 1.807) is 0 Å². The first-order chi connectivity index (χ1) is 9.09. The fourth-order valence-corrected chi connectivity index (χ4v) is 1.92. The molecule has 0 amide bonds. The molecule has 0 aliphatic heterocycles. The van der Waals surface area contributed by atoms with Crippen LogP contribution in [0.1, 0.15) is 12.5 Å². The first kappa shape index (κ1) is 12.9. The number of rotatable bonds is 3. The van der Waals surface area contributed by atoms with E-state index in [9.17, 15) is 0 Å². The highest BCUT2D eigenvalue weighted by Crippen LogP contribution is 2.29. The van der Waals surface area contributed by atoms with E-state index < -0.39 is 0 Å². The molecule has 1 aromatic rings. The summed E-state index contributed by atoms with van der Waals surface area (Å²) in [7, 11) is 0. The number of hydrogen-bond acceptors (Lipinski definition) is 1. The summed E-state index contributed by atoms with van der Waals surface area (Å²) in [5.41, 5.74) is 14.6. The third kappa shape index (κ3) is 2.85. The highest BCUT2D eigenvalue weighted by atomic mass is 14.5. The summed E-state index contributed by atoms with van der Waals surface area (Å²) in [5, 5.41) is 0. The van der Waals surface area contributed by atoms with Gasteiger partial charge in [-0.1, -0.05) is 43.5 Å². The van der Waals surface area contributed by atoms with Crippen molar-refractivity contribution in [3.63, 3.8) is 0 Å². The Hall–Kier alpha value is -2.50. The van der Waals surface area contributed by atoms with Crippen molar-refractivity contribution in [3.8, 4) is 0 Å². The Balaban J connectivity index is 2.33. The van der Waals surface area contributed by atoms with Gasteiger partial charge in [0.25, 0.3) is 0 Å². The quantitative estimate of drug-likeness (QED) is 0.477. The van der Waals surface area contributed by atoms with Crippen LogP contribution in [0.3, 0.4) is 0 Å². The van der Waals surface area contributed by atoms with Crippen molar-refractivity contribution in [1.29, 1.82) is 0 Å². The van der Waals surface area contributed by atoms with Crippen molar-refractivity contribution in [3.05, 3.63) is 89.7 Å². The highest BCUT2D eigenvalue weighted by Gasteiger charge is 2.10. The molecule has 1 aliphatic rings. The number of nitrogen functional groups attached to an aromatic ring is 1. The van der Waals surface area contributed by atoms with Gasteiger partial charge in [-0.2, -0.15) is 0 Å². The Morgan fingerprint density at radius 2 is 1.74 bits per heavy atom. The fourth-order valence-electron chi connectivity index (χ4n) is 1.92. The van der Waals surface area contributed by atoms with Crippen molar-refractivity contribution in [2.24, 2.45) is 0 Å². The SMILES string of the molecule is C=C(C(=C)c1ccc(N)cc1)C1=C=CC=CC=C1C. The molecule has 0 spiro atoms. The minimum absolute atomic E-state index is 0.746. The van der Waals surface area contributed by atoms with E-state index in [0.29, 0.717) is 0 Å². The van der Waals surface area contributed by atoms with Crippen molar-refractivity contribution < 1.29 is 0 Å². The van der Waals surface area contributed by atoms with Crippen LogP contribution in [0.5, 0.6) is 0 Å². The van der Waals surface area contributed by atoms with Crippen LogP contribution in [0.15, 0.2) is 84.2 Å². The molecule has 0 bridgehead atoms. The average molecular weight is 247 g/mol. The maximum atomic E-state index is 5.70. The van der Waals surface area contributed by atoms with E-state index >= 15 is 0 Å². The van der Waals surface area contributed by atoms with Crippen LogP contribution in [0, 0.1) is 0 Å². The summed E-state index contributed by atoms with van der Waals surface area (Å²) in [6, 6.07) is 7.66. The van der Waals surface area contributed by atoms with Crippen molar-refractivity contribution in [2.75, 3.05) is 5.73 Å². The standard InChI is InChI=1S/C18H17N/c1-13-7-5-4-6-8-18(13)15(3)14(2)16-9-11-17(19)12-10-16/h4-7,9-12H,2-3,19H2,1H3. The first-order valence-electron chi connectivity index (χ1n) is 6.14. The Morgan fingerprint density at radius 3 is 2.42 bits per heavy atom. The number of allylic oxidation sites excluding steroid dienone is 7. The van der Waals surface area contributed by atoms with Gasteiger partial charge in [0, 0.05) is 11.3 Å². The predicted molar refractivity (Wildman–Crippen MR) is 83.5 cm³/mol. The van der Waals surface area contributed by atoms with E-state index in [-0.39, 0.29) is 0 Å². The van der Waals surface area contributed by atoms with Gasteiger partial charge < -0.3 is 5.73 Å². The van der Waals surface area contributed by atoms with Gasteiger partial charge in [-0.25, -0.2) is 0 Å². The number of benzene rings is 1. The molecule has 1 heteroatoms. The lowest BCUT2D eigenvalue weighted by molar-refractivity contribution is 1.40. The van der Waals surface area contributed by atoms with Gasteiger partial charge in [0.15, 0.2) is 0 Å². The van der Waals surface area contributed by atoms with E-state index in [1.807, 2.05) is 55.5 Å².